The first-order valence-electron chi connectivity index (χ1n) is 5.42. The molecule has 0 bridgehead atoms. The second kappa shape index (κ2) is 3.89. The molecule has 16 heavy (non-hydrogen) atoms. The van der Waals surface area contributed by atoms with E-state index in [1.165, 1.54) is 16.7 Å². The summed E-state index contributed by atoms with van der Waals surface area (Å²) in [6.07, 6.45) is 11.4. The lowest BCUT2D eigenvalue weighted by Crippen LogP contribution is -2.30. The molecule has 2 heteroatoms. The summed E-state index contributed by atoms with van der Waals surface area (Å²) in [5.74, 6) is 0.769. The highest BCUT2D eigenvalue weighted by molar-refractivity contribution is 5.62. The quantitative estimate of drug-likeness (QED) is 0.707. The lowest BCUT2D eigenvalue weighted by Gasteiger charge is -2.12. The van der Waals surface area contributed by atoms with Gasteiger partial charge in [-0.25, -0.2) is 0 Å². The fraction of sp³-hybridized carbons (Fsp3) is 0.143. The van der Waals surface area contributed by atoms with Gasteiger partial charge in [-0.3, -0.25) is 0 Å². The number of fused-ring (bicyclic) bond motifs is 1. The maximum atomic E-state index is 5.45. The molecule has 1 heterocycles. The van der Waals surface area contributed by atoms with Crippen LogP contribution in [0.2, 0.25) is 0 Å². The number of benzene rings is 1. The molecule has 0 saturated heterocycles. The zero-order chi connectivity index (χ0) is 10.8. The molecule has 3 rings (SSSR count). The van der Waals surface area contributed by atoms with Gasteiger partial charge in [-0.05, 0) is 23.3 Å². The third kappa shape index (κ3) is 1.52. The van der Waals surface area contributed by atoms with Crippen molar-refractivity contribution in [2.45, 2.75) is 12.8 Å². The largest absolute Gasteiger partial charge is 0.465 e. The second-order valence-corrected chi connectivity index (χ2v) is 3.80. The summed E-state index contributed by atoms with van der Waals surface area (Å²) in [7, 11) is 0. The molecule has 1 aromatic rings. The molecule has 1 aliphatic heterocycles. The van der Waals surface area contributed by atoms with Crippen LogP contribution >= 0.6 is 0 Å². The van der Waals surface area contributed by atoms with Crippen molar-refractivity contribution in [1.82, 2.24) is 0 Å². The lowest BCUT2D eigenvalue weighted by molar-refractivity contribution is 0.312. The molecular weight excluding hydrogens is 200 g/mol. The highest BCUT2D eigenvalue weighted by Gasteiger charge is 2.08. The van der Waals surface area contributed by atoms with E-state index in [2.05, 4.69) is 24.3 Å². The van der Waals surface area contributed by atoms with Gasteiger partial charge in [0.15, 0.2) is 5.76 Å². The molecule has 0 aromatic heterocycles. The van der Waals surface area contributed by atoms with Crippen molar-refractivity contribution in [3.8, 4) is 0 Å². The molecule has 2 aliphatic rings. The van der Waals surface area contributed by atoms with E-state index >= 15 is 0 Å². The molecule has 1 aromatic carbocycles. The number of hydrogen-bond donors (Lipinski definition) is 0. The smallest absolute Gasteiger partial charge is 0.169 e. The van der Waals surface area contributed by atoms with Crippen molar-refractivity contribution in [2.75, 3.05) is 0 Å². The molecule has 2 nitrogen and oxygen atoms in total. The van der Waals surface area contributed by atoms with Crippen LogP contribution in [0.1, 0.15) is 18.4 Å². The van der Waals surface area contributed by atoms with Gasteiger partial charge in [-0.2, -0.15) is 0 Å². The fourth-order valence-corrected chi connectivity index (χ4v) is 2.06. The van der Waals surface area contributed by atoms with Crippen molar-refractivity contribution in [2.24, 2.45) is 0 Å². The zero-order valence-electron chi connectivity index (χ0n) is 8.85. The molecule has 1 aliphatic carbocycles. The van der Waals surface area contributed by atoms with E-state index in [9.17, 15) is 0 Å². The van der Waals surface area contributed by atoms with Gasteiger partial charge in [0.2, 0.25) is 0 Å². The van der Waals surface area contributed by atoms with E-state index in [4.69, 9.17) is 9.47 Å². The third-order valence-electron chi connectivity index (χ3n) is 2.79. The van der Waals surface area contributed by atoms with Gasteiger partial charge in [0.05, 0.1) is 0 Å². The molecular formula is C14H12O2. The Hall–Kier alpha value is -1.96. The Morgan fingerprint density at radius 3 is 2.81 bits per heavy atom. The lowest BCUT2D eigenvalue weighted by atomic mass is 10.0. The van der Waals surface area contributed by atoms with Crippen molar-refractivity contribution in [3.63, 3.8) is 0 Å². The van der Waals surface area contributed by atoms with E-state index in [0.717, 1.165) is 24.2 Å². The SMILES string of the molecule is C1=COC(c2cccc3c2=CCCC=3)=CO1. The second-order valence-electron chi connectivity index (χ2n) is 3.80. The van der Waals surface area contributed by atoms with Crippen LogP contribution in [0.3, 0.4) is 0 Å². The Bertz CT molecular complexity index is 579. The maximum absolute atomic E-state index is 5.45. The minimum absolute atomic E-state index is 0.769. The molecule has 0 radical (unpaired) electrons. The first kappa shape index (κ1) is 9.28. The van der Waals surface area contributed by atoms with Gasteiger partial charge in [-0.1, -0.05) is 30.4 Å². The average Bonchev–Trinajstić information content (AvgIpc) is 2.39. The summed E-state index contributed by atoms with van der Waals surface area (Å²) < 4.78 is 10.6. The average molecular weight is 212 g/mol. The fourth-order valence-electron chi connectivity index (χ4n) is 2.06. The first-order valence-corrected chi connectivity index (χ1v) is 5.42. The van der Waals surface area contributed by atoms with Gasteiger partial charge < -0.3 is 9.47 Å². The Morgan fingerprint density at radius 1 is 1.00 bits per heavy atom. The van der Waals surface area contributed by atoms with Crippen LogP contribution < -0.4 is 10.4 Å². The number of hydrogen-bond acceptors (Lipinski definition) is 2. The van der Waals surface area contributed by atoms with Gasteiger partial charge >= 0.3 is 0 Å². The zero-order valence-corrected chi connectivity index (χ0v) is 8.85. The highest BCUT2D eigenvalue weighted by atomic mass is 16.5. The van der Waals surface area contributed by atoms with Gasteiger partial charge in [-0.15, -0.1) is 0 Å². The van der Waals surface area contributed by atoms with Crippen LogP contribution in [0.25, 0.3) is 17.9 Å². The Kier molecular flexibility index (Phi) is 2.26. The minimum atomic E-state index is 0.769. The topological polar surface area (TPSA) is 18.5 Å². The molecule has 0 fully saturated rings. The number of ether oxygens (including phenoxy) is 2. The maximum Gasteiger partial charge on any atom is 0.169 e. The molecule has 0 saturated carbocycles. The van der Waals surface area contributed by atoms with E-state index in [0.29, 0.717) is 0 Å². The molecule has 0 N–H and O–H groups in total. The predicted octanol–water partition coefficient (Wildman–Crippen LogP) is 1.86. The summed E-state index contributed by atoms with van der Waals surface area (Å²) in [4.78, 5) is 0. The summed E-state index contributed by atoms with van der Waals surface area (Å²) in [5, 5.41) is 2.53. The molecule has 80 valence electrons. The van der Waals surface area contributed by atoms with E-state index in [1.807, 2.05) is 6.07 Å². The third-order valence-corrected chi connectivity index (χ3v) is 2.79. The van der Waals surface area contributed by atoms with E-state index < -0.39 is 0 Å². The first-order chi connectivity index (χ1) is 7.95. The summed E-state index contributed by atoms with van der Waals surface area (Å²) >= 11 is 0. The van der Waals surface area contributed by atoms with E-state index in [-0.39, 0.29) is 0 Å². The summed E-state index contributed by atoms with van der Waals surface area (Å²) in [6, 6.07) is 6.24. The normalized spacial score (nSPS) is 17.1. The van der Waals surface area contributed by atoms with E-state index in [1.54, 1.807) is 12.5 Å². The van der Waals surface area contributed by atoms with Crippen molar-refractivity contribution in [1.29, 1.82) is 0 Å². The van der Waals surface area contributed by atoms with Crippen LogP contribution in [0, 0.1) is 0 Å². The Balaban J connectivity index is 2.19. The predicted molar refractivity (Wildman–Crippen MR) is 63.1 cm³/mol. The van der Waals surface area contributed by atoms with Crippen molar-refractivity contribution in [3.05, 3.63) is 53.0 Å². The van der Waals surface area contributed by atoms with Crippen molar-refractivity contribution >= 4 is 17.9 Å². The van der Waals surface area contributed by atoms with Crippen molar-refractivity contribution < 1.29 is 9.47 Å². The van der Waals surface area contributed by atoms with Crippen LogP contribution in [-0.4, -0.2) is 0 Å². The monoisotopic (exact) mass is 212 g/mol. The van der Waals surface area contributed by atoms with Crippen LogP contribution in [0.5, 0.6) is 0 Å². The molecule has 0 unspecified atom stereocenters. The van der Waals surface area contributed by atoms with Crippen LogP contribution in [-0.2, 0) is 9.47 Å². The standard InChI is InChI=1S/C14H12O2/c1-2-6-12-11(4-1)5-3-7-13(12)14-10-15-8-9-16-14/h3-10H,1-2H2. The Morgan fingerprint density at radius 2 is 1.94 bits per heavy atom. The molecule has 0 spiro atoms. The van der Waals surface area contributed by atoms with Gasteiger partial charge in [0.1, 0.15) is 18.8 Å². The molecule has 0 atom stereocenters. The van der Waals surface area contributed by atoms with Crippen LogP contribution in [0.15, 0.2) is 37.0 Å². The summed E-state index contributed by atoms with van der Waals surface area (Å²) in [6.45, 7) is 0. The summed E-state index contributed by atoms with van der Waals surface area (Å²) in [5.41, 5.74) is 1.10. The van der Waals surface area contributed by atoms with Crippen LogP contribution in [0.4, 0.5) is 0 Å². The van der Waals surface area contributed by atoms with Gasteiger partial charge in [0.25, 0.3) is 0 Å². The molecule has 0 amide bonds. The van der Waals surface area contributed by atoms with Gasteiger partial charge in [0, 0.05) is 5.56 Å². The Labute approximate surface area is 93.8 Å². The minimum Gasteiger partial charge on any atom is -0.465 e. The number of rotatable bonds is 1. The highest BCUT2D eigenvalue weighted by Crippen LogP contribution is 2.15.